The van der Waals surface area contributed by atoms with Crippen molar-refractivity contribution in [3.05, 3.63) is 12.4 Å². The molecule has 0 radical (unpaired) electrons. The fourth-order valence-corrected chi connectivity index (χ4v) is 0.494. The highest BCUT2D eigenvalue weighted by molar-refractivity contribution is 4.92. The third-order valence-corrected chi connectivity index (χ3v) is 0.957. The first kappa shape index (κ1) is 8.59. The summed E-state index contributed by atoms with van der Waals surface area (Å²) in [5, 5.41) is 8.51. The lowest BCUT2D eigenvalue weighted by molar-refractivity contribution is 0.202. The molecule has 0 bridgehead atoms. The van der Waals surface area contributed by atoms with Gasteiger partial charge in [-0.25, -0.2) is 4.39 Å². The molecular weight excluding hydrogens is 121 g/mol. The van der Waals surface area contributed by atoms with Crippen LogP contribution < -0.4 is 5.73 Å². The number of hydrogen-bond acceptors (Lipinski definition) is 2. The molecule has 54 valence electrons. The van der Waals surface area contributed by atoms with Crippen LogP contribution in [-0.2, 0) is 0 Å². The number of nitrogens with two attached hydrogens (primary N) is 1. The molecule has 0 amide bonds. The lowest BCUT2D eigenvalue weighted by Crippen LogP contribution is -2.40. The van der Waals surface area contributed by atoms with E-state index in [1.165, 1.54) is 0 Å². The molecule has 2 nitrogen and oxygen atoms in total. The van der Waals surface area contributed by atoms with E-state index >= 15 is 0 Å². The van der Waals surface area contributed by atoms with E-state index in [9.17, 15) is 4.39 Å². The Hall–Kier alpha value is -0.410. The summed E-state index contributed by atoms with van der Waals surface area (Å²) in [4.78, 5) is 0. The van der Waals surface area contributed by atoms with Crippen molar-refractivity contribution in [2.45, 2.75) is 18.9 Å². The maximum Gasteiger partial charge on any atom is 0.0947 e. The molecular formula is C6H12FNO. The molecule has 0 saturated carbocycles. The van der Waals surface area contributed by atoms with E-state index in [0.29, 0.717) is 0 Å². The van der Waals surface area contributed by atoms with Gasteiger partial charge in [-0.3, -0.25) is 0 Å². The Balaban J connectivity index is 3.71. The molecule has 0 aliphatic heterocycles. The summed E-state index contributed by atoms with van der Waals surface area (Å²) < 4.78 is 12.0. The van der Waals surface area contributed by atoms with Crippen molar-refractivity contribution in [1.82, 2.24) is 0 Å². The van der Waals surface area contributed by atoms with E-state index < -0.39 is 11.4 Å². The van der Waals surface area contributed by atoms with Crippen molar-refractivity contribution in [3.63, 3.8) is 0 Å². The summed E-state index contributed by atoms with van der Waals surface area (Å²) in [6, 6.07) is 0. The van der Waals surface area contributed by atoms with Gasteiger partial charge in [0.2, 0.25) is 0 Å². The molecule has 0 spiro atoms. The first-order valence-corrected chi connectivity index (χ1v) is 2.71. The fourth-order valence-electron chi connectivity index (χ4n) is 0.494. The van der Waals surface area contributed by atoms with Gasteiger partial charge in [-0.05, 0) is 6.92 Å². The summed E-state index contributed by atoms with van der Waals surface area (Å²) in [6.07, 6.45) is 0.0174. The largest absolute Gasteiger partial charge is 0.394 e. The van der Waals surface area contributed by atoms with Gasteiger partial charge in [-0.2, -0.15) is 0 Å². The lowest BCUT2D eigenvalue weighted by atomic mass is 10.0. The Morgan fingerprint density at radius 3 is 2.44 bits per heavy atom. The molecule has 0 aliphatic carbocycles. The first-order chi connectivity index (χ1) is 3.98. The van der Waals surface area contributed by atoms with Crippen LogP contribution in [-0.4, -0.2) is 17.3 Å². The molecule has 0 aliphatic rings. The molecule has 3 N–H and O–H groups in total. The van der Waals surface area contributed by atoms with Gasteiger partial charge in [0.05, 0.1) is 12.4 Å². The first-order valence-electron chi connectivity index (χ1n) is 2.71. The standard InChI is InChI=1S/C6H12FNO/c1-5(7)3-6(2,8)4-9/h9H,1,3-4,8H2,2H3. The molecule has 1 unspecified atom stereocenters. The van der Waals surface area contributed by atoms with Crippen LogP contribution in [0, 0.1) is 0 Å². The molecule has 0 rings (SSSR count). The van der Waals surface area contributed by atoms with Crippen molar-refractivity contribution in [3.8, 4) is 0 Å². The minimum absolute atomic E-state index is 0.0174. The van der Waals surface area contributed by atoms with Gasteiger partial charge < -0.3 is 10.8 Å². The highest BCUT2D eigenvalue weighted by Crippen LogP contribution is 2.11. The number of aliphatic hydroxyl groups excluding tert-OH is 1. The summed E-state index contributed by atoms with van der Waals surface area (Å²) in [5.74, 6) is -0.492. The van der Waals surface area contributed by atoms with E-state index in [-0.39, 0.29) is 13.0 Å². The van der Waals surface area contributed by atoms with E-state index in [4.69, 9.17) is 10.8 Å². The molecule has 0 aromatic heterocycles. The van der Waals surface area contributed by atoms with Gasteiger partial charge in [0.25, 0.3) is 0 Å². The minimum atomic E-state index is -0.855. The monoisotopic (exact) mass is 133 g/mol. The van der Waals surface area contributed by atoms with Gasteiger partial charge in [0.1, 0.15) is 0 Å². The maximum atomic E-state index is 12.0. The lowest BCUT2D eigenvalue weighted by Gasteiger charge is -2.19. The van der Waals surface area contributed by atoms with Gasteiger partial charge in [-0.1, -0.05) is 6.58 Å². The quantitative estimate of drug-likeness (QED) is 0.591. The zero-order valence-electron chi connectivity index (χ0n) is 5.52. The Morgan fingerprint density at radius 2 is 2.33 bits per heavy atom. The third-order valence-electron chi connectivity index (χ3n) is 0.957. The zero-order chi connectivity index (χ0) is 7.49. The van der Waals surface area contributed by atoms with Crippen molar-refractivity contribution in [2.24, 2.45) is 5.73 Å². The highest BCUT2D eigenvalue weighted by Gasteiger charge is 2.17. The van der Waals surface area contributed by atoms with E-state index in [1.54, 1.807) is 6.92 Å². The van der Waals surface area contributed by atoms with Gasteiger partial charge >= 0.3 is 0 Å². The average molecular weight is 133 g/mol. The van der Waals surface area contributed by atoms with Crippen LogP contribution in [0.25, 0.3) is 0 Å². The fraction of sp³-hybridized carbons (Fsp3) is 0.667. The van der Waals surface area contributed by atoms with Crippen LogP contribution in [0.4, 0.5) is 4.39 Å². The van der Waals surface area contributed by atoms with Crippen LogP contribution >= 0.6 is 0 Å². The van der Waals surface area contributed by atoms with Crippen LogP contribution in [0.2, 0.25) is 0 Å². The predicted octanol–water partition coefficient (Wildman–Crippen LogP) is 0.569. The molecule has 3 heteroatoms. The summed E-state index contributed by atoms with van der Waals surface area (Å²) in [7, 11) is 0. The maximum absolute atomic E-state index is 12.0. The Bertz CT molecular complexity index is 112. The number of aliphatic hydroxyl groups is 1. The highest BCUT2D eigenvalue weighted by atomic mass is 19.1. The smallest absolute Gasteiger partial charge is 0.0947 e. The predicted molar refractivity (Wildman–Crippen MR) is 34.5 cm³/mol. The number of hydrogen-bond donors (Lipinski definition) is 2. The van der Waals surface area contributed by atoms with Crippen LogP contribution in [0.3, 0.4) is 0 Å². The van der Waals surface area contributed by atoms with E-state index in [0.717, 1.165) is 0 Å². The Morgan fingerprint density at radius 1 is 1.89 bits per heavy atom. The average Bonchev–Trinajstić information content (AvgIpc) is 1.63. The van der Waals surface area contributed by atoms with Crippen LogP contribution in [0.15, 0.2) is 12.4 Å². The zero-order valence-corrected chi connectivity index (χ0v) is 5.52. The Kier molecular flexibility index (Phi) is 2.81. The van der Waals surface area contributed by atoms with Crippen molar-refractivity contribution in [2.75, 3.05) is 6.61 Å². The second kappa shape index (κ2) is 2.94. The van der Waals surface area contributed by atoms with Crippen LogP contribution in [0.5, 0.6) is 0 Å². The topological polar surface area (TPSA) is 46.2 Å². The Labute approximate surface area is 54.2 Å². The SMILES string of the molecule is C=C(F)CC(C)(N)CO. The molecule has 0 saturated heterocycles. The number of rotatable bonds is 3. The van der Waals surface area contributed by atoms with Gasteiger partial charge in [-0.15, -0.1) is 0 Å². The molecule has 0 fully saturated rings. The normalized spacial score (nSPS) is 16.9. The summed E-state index contributed by atoms with van der Waals surface area (Å²) in [5.41, 5.74) is 4.51. The molecule has 0 aromatic carbocycles. The number of halogens is 1. The second-order valence-electron chi connectivity index (χ2n) is 2.51. The molecule has 1 atom stereocenters. The summed E-state index contributed by atoms with van der Waals surface area (Å²) >= 11 is 0. The van der Waals surface area contributed by atoms with Crippen molar-refractivity contribution < 1.29 is 9.50 Å². The van der Waals surface area contributed by atoms with E-state index in [1.807, 2.05) is 0 Å². The van der Waals surface area contributed by atoms with E-state index in [2.05, 4.69) is 6.58 Å². The molecule has 0 aromatic rings. The van der Waals surface area contributed by atoms with Crippen molar-refractivity contribution >= 4 is 0 Å². The van der Waals surface area contributed by atoms with Gasteiger partial charge in [0, 0.05) is 12.0 Å². The molecule has 0 heterocycles. The van der Waals surface area contributed by atoms with Crippen molar-refractivity contribution in [1.29, 1.82) is 0 Å². The minimum Gasteiger partial charge on any atom is -0.394 e. The van der Waals surface area contributed by atoms with Crippen LogP contribution in [0.1, 0.15) is 13.3 Å². The molecule has 9 heavy (non-hydrogen) atoms. The second-order valence-corrected chi connectivity index (χ2v) is 2.51. The van der Waals surface area contributed by atoms with Gasteiger partial charge in [0.15, 0.2) is 0 Å². The summed E-state index contributed by atoms with van der Waals surface area (Å²) in [6.45, 7) is 4.37. The third kappa shape index (κ3) is 4.12.